The fourth-order valence-electron chi connectivity index (χ4n) is 0.967. The summed E-state index contributed by atoms with van der Waals surface area (Å²) in [6.45, 7) is 0.799. The SMILES string of the molecule is COC(C[CH]C1CO1)(OC)OC. The van der Waals surface area contributed by atoms with Crippen LogP contribution in [0.25, 0.3) is 0 Å². The summed E-state index contributed by atoms with van der Waals surface area (Å²) in [5.74, 6) is -0.939. The molecule has 0 saturated carbocycles. The highest BCUT2D eigenvalue weighted by Gasteiger charge is 2.33. The van der Waals surface area contributed by atoms with Gasteiger partial charge in [-0.25, -0.2) is 0 Å². The number of epoxide rings is 1. The Hall–Kier alpha value is -0.160. The molecule has 1 aliphatic rings. The lowest BCUT2D eigenvalue weighted by atomic mass is 10.2. The van der Waals surface area contributed by atoms with Gasteiger partial charge in [-0.15, -0.1) is 0 Å². The smallest absolute Gasteiger partial charge is 0.282 e. The number of rotatable bonds is 6. The van der Waals surface area contributed by atoms with E-state index >= 15 is 0 Å². The maximum Gasteiger partial charge on any atom is 0.282 e. The Kier molecular flexibility index (Phi) is 3.46. The van der Waals surface area contributed by atoms with E-state index in [0.29, 0.717) is 6.42 Å². The van der Waals surface area contributed by atoms with E-state index in [9.17, 15) is 0 Å². The van der Waals surface area contributed by atoms with Crippen LogP contribution in [-0.2, 0) is 18.9 Å². The molecule has 0 aliphatic carbocycles. The Balaban J connectivity index is 2.28. The van der Waals surface area contributed by atoms with Crippen molar-refractivity contribution < 1.29 is 18.9 Å². The summed E-state index contributed by atoms with van der Waals surface area (Å²) in [5.41, 5.74) is 0. The summed E-state index contributed by atoms with van der Waals surface area (Å²) >= 11 is 0. The Morgan fingerprint density at radius 1 is 1.33 bits per heavy atom. The zero-order valence-electron chi connectivity index (χ0n) is 7.70. The summed E-state index contributed by atoms with van der Waals surface area (Å²) in [6, 6.07) is 0. The molecule has 0 amide bonds. The van der Waals surface area contributed by atoms with Gasteiger partial charge in [0, 0.05) is 34.2 Å². The molecule has 0 aromatic carbocycles. The van der Waals surface area contributed by atoms with Gasteiger partial charge in [0.25, 0.3) is 5.97 Å². The molecule has 0 bridgehead atoms. The van der Waals surface area contributed by atoms with Crippen LogP contribution in [0, 0.1) is 6.42 Å². The Bertz CT molecular complexity index is 121. The van der Waals surface area contributed by atoms with Crippen LogP contribution in [0.5, 0.6) is 0 Å². The number of methoxy groups -OCH3 is 3. The second kappa shape index (κ2) is 4.18. The van der Waals surface area contributed by atoms with Crippen LogP contribution < -0.4 is 0 Å². The molecule has 1 heterocycles. The molecule has 1 rings (SSSR count). The molecule has 4 nitrogen and oxygen atoms in total. The summed E-state index contributed by atoms with van der Waals surface area (Å²) < 4.78 is 20.3. The summed E-state index contributed by atoms with van der Waals surface area (Å²) in [4.78, 5) is 0. The highest BCUT2D eigenvalue weighted by Crippen LogP contribution is 2.24. The van der Waals surface area contributed by atoms with E-state index in [0.717, 1.165) is 6.61 Å². The molecule has 1 unspecified atom stereocenters. The Labute approximate surface area is 72.7 Å². The lowest BCUT2D eigenvalue weighted by Gasteiger charge is -2.28. The van der Waals surface area contributed by atoms with Crippen LogP contribution in [0.1, 0.15) is 6.42 Å². The van der Waals surface area contributed by atoms with Crippen LogP contribution in [-0.4, -0.2) is 40.0 Å². The molecule has 0 spiro atoms. The summed E-state index contributed by atoms with van der Waals surface area (Å²) in [6.07, 6.45) is 2.81. The number of hydrogen-bond donors (Lipinski definition) is 0. The third-order valence-corrected chi connectivity index (χ3v) is 1.92. The van der Waals surface area contributed by atoms with Gasteiger partial charge in [0.05, 0.1) is 12.7 Å². The van der Waals surface area contributed by atoms with Crippen LogP contribution in [0.2, 0.25) is 0 Å². The lowest BCUT2D eigenvalue weighted by molar-refractivity contribution is -0.351. The van der Waals surface area contributed by atoms with Gasteiger partial charge in [0.2, 0.25) is 0 Å². The van der Waals surface area contributed by atoms with Gasteiger partial charge in [0.1, 0.15) is 0 Å². The average Bonchev–Trinajstić information content (AvgIpc) is 2.92. The van der Waals surface area contributed by atoms with Gasteiger partial charge in [-0.3, -0.25) is 0 Å². The molecule has 71 valence electrons. The first-order valence-corrected chi connectivity index (χ1v) is 3.86. The molecular weight excluding hydrogens is 160 g/mol. The highest BCUT2D eigenvalue weighted by molar-refractivity contribution is 4.88. The monoisotopic (exact) mass is 175 g/mol. The Morgan fingerprint density at radius 3 is 2.17 bits per heavy atom. The first-order chi connectivity index (χ1) is 5.76. The predicted octanol–water partition coefficient (Wildman–Crippen LogP) is 0.573. The van der Waals surface area contributed by atoms with Crippen LogP contribution in [0.15, 0.2) is 0 Å². The van der Waals surface area contributed by atoms with Crippen molar-refractivity contribution in [2.45, 2.75) is 18.5 Å². The molecule has 1 saturated heterocycles. The molecule has 1 fully saturated rings. The van der Waals surface area contributed by atoms with Gasteiger partial charge >= 0.3 is 0 Å². The normalized spacial score (nSPS) is 22.8. The zero-order chi connectivity index (χ0) is 9.03. The lowest BCUT2D eigenvalue weighted by Crippen LogP contribution is -2.36. The Morgan fingerprint density at radius 2 is 1.83 bits per heavy atom. The van der Waals surface area contributed by atoms with E-state index in [-0.39, 0.29) is 6.10 Å². The van der Waals surface area contributed by atoms with Crippen molar-refractivity contribution in [2.75, 3.05) is 27.9 Å². The predicted molar refractivity (Wildman–Crippen MR) is 42.4 cm³/mol. The van der Waals surface area contributed by atoms with Crippen molar-refractivity contribution in [3.05, 3.63) is 6.42 Å². The summed E-state index contributed by atoms with van der Waals surface area (Å²) in [7, 11) is 4.65. The van der Waals surface area contributed by atoms with Gasteiger partial charge in [-0.05, 0) is 0 Å². The second-order valence-electron chi connectivity index (χ2n) is 2.61. The molecule has 12 heavy (non-hydrogen) atoms. The molecule has 1 atom stereocenters. The van der Waals surface area contributed by atoms with E-state index in [2.05, 4.69) is 0 Å². The van der Waals surface area contributed by atoms with Crippen molar-refractivity contribution in [1.82, 2.24) is 0 Å². The van der Waals surface area contributed by atoms with Crippen molar-refractivity contribution in [1.29, 1.82) is 0 Å². The van der Waals surface area contributed by atoms with Gasteiger partial charge in [-0.1, -0.05) is 0 Å². The molecule has 4 heteroatoms. The number of ether oxygens (including phenoxy) is 4. The van der Waals surface area contributed by atoms with E-state index in [4.69, 9.17) is 18.9 Å². The molecular formula is C8H15O4. The van der Waals surface area contributed by atoms with Crippen LogP contribution in [0.3, 0.4) is 0 Å². The average molecular weight is 175 g/mol. The van der Waals surface area contributed by atoms with E-state index in [1.807, 2.05) is 6.42 Å². The molecule has 0 aromatic heterocycles. The fraction of sp³-hybridized carbons (Fsp3) is 0.875. The maximum atomic E-state index is 5.08. The third-order valence-electron chi connectivity index (χ3n) is 1.92. The van der Waals surface area contributed by atoms with E-state index in [1.165, 1.54) is 0 Å². The minimum atomic E-state index is -0.939. The topological polar surface area (TPSA) is 40.2 Å². The first kappa shape index (κ1) is 9.92. The quantitative estimate of drug-likeness (QED) is 0.437. The van der Waals surface area contributed by atoms with Gasteiger partial charge in [-0.2, -0.15) is 0 Å². The maximum absolute atomic E-state index is 5.08. The van der Waals surface area contributed by atoms with Gasteiger partial charge in [0.15, 0.2) is 0 Å². The molecule has 1 aliphatic heterocycles. The van der Waals surface area contributed by atoms with E-state index < -0.39 is 5.97 Å². The second-order valence-corrected chi connectivity index (χ2v) is 2.61. The first-order valence-electron chi connectivity index (χ1n) is 3.86. The molecule has 1 radical (unpaired) electrons. The minimum absolute atomic E-state index is 0.254. The van der Waals surface area contributed by atoms with Crippen molar-refractivity contribution in [3.63, 3.8) is 0 Å². The van der Waals surface area contributed by atoms with E-state index in [1.54, 1.807) is 21.3 Å². The summed E-state index contributed by atoms with van der Waals surface area (Å²) in [5, 5.41) is 0. The minimum Gasteiger partial charge on any atom is -0.373 e. The van der Waals surface area contributed by atoms with Crippen molar-refractivity contribution in [2.24, 2.45) is 0 Å². The zero-order valence-corrected chi connectivity index (χ0v) is 7.70. The molecule has 0 N–H and O–H groups in total. The van der Waals surface area contributed by atoms with Crippen molar-refractivity contribution in [3.8, 4) is 0 Å². The highest BCUT2D eigenvalue weighted by atomic mass is 16.9. The largest absolute Gasteiger partial charge is 0.373 e. The van der Waals surface area contributed by atoms with Gasteiger partial charge < -0.3 is 18.9 Å². The standard InChI is InChI=1S/C8H15O4/c1-9-8(10-2,11-3)5-4-7-6-12-7/h4,7H,5-6H2,1-3H3. The molecule has 0 aromatic rings. The third kappa shape index (κ3) is 2.42. The van der Waals surface area contributed by atoms with Crippen LogP contribution in [0.4, 0.5) is 0 Å². The fourth-order valence-corrected chi connectivity index (χ4v) is 0.967. The number of hydrogen-bond acceptors (Lipinski definition) is 4. The van der Waals surface area contributed by atoms with Crippen LogP contribution >= 0.6 is 0 Å². The van der Waals surface area contributed by atoms with Crippen molar-refractivity contribution >= 4 is 0 Å².